The molecule has 3 rings (SSSR count). The van der Waals surface area contributed by atoms with E-state index in [4.69, 9.17) is 4.74 Å². The van der Waals surface area contributed by atoms with Crippen LogP contribution in [0.2, 0.25) is 0 Å². The number of carbonyl (C=O) groups excluding carboxylic acids is 2. The summed E-state index contributed by atoms with van der Waals surface area (Å²) in [5, 5.41) is 0. The Balaban J connectivity index is 1.74. The zero-order chi connectivity index (χ0) is 21.0. The second kappa shape index (κ2) is 8.75. The molecule has 7 nitrogen and oxygen atoms in total. The first kappa shape index (κ1) is 21.0. The summed E-state index contributed by atoms with van der Waals surface area (Å²) in [6, 6.07) is 14.6. The molecule has 1 fully saturated rings. The summed E-state index contributed by atoms with van der Waals surface area (Å²) in [5.41, 5.74) is 1.11. The highest BCUT2D eigenvalue weighted by molar-refractivity contribution is 7.89. The molecule has 1 aliphatic rings. The number of hydrogen-bond acceptors (Lipinski definition) is 5. The standard InChI is InChI=1S/C21H24N2O5S/c1-22(2)29(26,27)18-11-6-10-17(14-18)20(24)23-13-7-12-19(23)21(25)28-15-16-8-4-3-5-9-16/h3-6,8-11,14,19H,7,12-13,15H2,1-2H3/t19-/m1/s1. The summed E-state index contributed by atoms with van der Waals surface area (Å²) >= 11 is 0. The zero-order valence-electron chi connectivity index (χ0n) is 16.4. The van der Waals surface area contributed by atoms with E-state index in [9.17, 15) is 18.0 Å². The molecule has 0 unspecified atom stereocenters. The van der Waals surface area contributed by atoms with Crippen molar-refractivity contribution in [3.05, 3.63) is 65.7 Å². The minimum Gasteiger partial charge on any atom is -0.459 e. The zero-order valence-corrected chi connectivity index (χ0v) is 17.3. The van der Waals surface area contributed by atoms with Gasteiger partial charge in [0.15, 0.2) is 0 Å². The number of amides is 1. The van der Waals surface area contributed by atoms with Crippen LogP contribution in [0.15, 0.2) is 59.5 Å². The van der Waals surface area contributed by atoms with Crippen molar-refractivity contribution >= 4 is 21.9 Å². The lowest BCUT2D eigenvalue weighted by Gasteiger charge is -2.23. The predicted octanol–water partition coefficient (Wildman–Crippen LogP) is 2.28. The van der Waals surface area contributed by atoms with Gasteiger partial charge in [-0.25, -0.2) is 17.5 Å². The summed E-state index contributed by atoms with van der Waals surface area (Å²) < 4.78 is 31.2. The summed E-state index contributed by atoms with van der Waals surface area (Å²) in [6.45, 7) is 0.573. The number of nitrogens with zero attached hydrogens (tertiary/aromatic N) is 2. The largest absolute Gasteiger partial charge is 0.459 e. The van der Waals surface area contributed by atoms with Crippen LogP contribution in [0.3, 0.4) is 0 Å². The van der Waals surface area contributed by atoms with E-state index in [1.165, 1.54) is 37.2 Å². The molecule has 1 atom stereocenters. The van der Waals surface area contributed by atoms with Crippen LogP contribution in [0.25, 0.3) is 0 Å². The first-order valence-electron chi connectivity index (χ1n) is 9.35. The summed E-state index contributed by atoms with van der Waals surface area (Å²) in [5.74, 6) is -0.822. The normalized spacial score (nSPS) is 16.8. The van der Waals surface area contributed by atoms with Gasteiger partial charge in [-0.2, -0.15) is 0 Å². The van der Waals surface area contributed by atoms with E-state index < -0.39 is 22.0 Å². The first-order valence-corrected chi connectivity index (χ1v) is 10.8. The van der Waals surface area contributed by atoms with Crippen molar-refractivity contribution in [1.82, 2.24) is 9.21 Å². The topological polar surface area (TPSA) is 84.0 Å². The second-order valence-electron chi connectivity index (χ2n) is 7.07. The minimum atomic E-state index is -3.65. The Morgan fingerprint density at radius 2 is 1.83 bits per heavy atom. The van der Waals surface area contributed by atoms with Gasteiger partial charge >= 0.3 is 5.97 Å². The van der Waals surface area contributed by atoms with Crippen molar-refractivity contribution < 1.29 is 22.7 Å². The van der Waals surface area contributed by atoms with Crippen LogP contribution in [0, 0.1) is 0 Å². The van der Waals surface area contributed by atoms with Crippen molar-refractivity contribution in [2.24, 2.45) is 0 Å². The molecule has 0 aliphatic carbocycles. The van der Waals surface area contributed by atoms with Gasteiger partial charge in [-0.15, -0.1) is 0 Å². The van der Waals surface area contributed by atoms with Crippen LogP contribution in [0.4, 0.5) is 0 Å². The molecule has 1 saturated heterocycles. The van der Waals surface area contributed by atoms with Crippen molar-refractivity contribution in [1.29, 1.82) is 0 Å². The highest BCUT2D eigenvalue weighted by Crippen LogP contribution is 2.23. The molecule has 0 saturated carbocycles. The molecule has 0 bridgehead atoms. The maximum absolute atomic E-state index is 13.0. The Morgan fingerprint density at radius 1 is 1.10 bits per heavy atom. The number of carbonyl (C=O) groups is 2. The fourth-order valence-electron chi connectivity index (χ4n) is 3.25. The maximum atomic E-state index is 13.0. The SMILES string of the molecule is CN(C)S(=O)(=O)c1cccc(C(=O)N2CCC[C@@H]2C(=O)OCc2ccccc2)c1. The van der Waals surface area contributed by atoms with Crippen LogP contribution in [-0.4, -0.2) is 56.2 Å². The molecule has 2 aromatic carbocycles. The number of rotatable bonds is 6. The monoisotopic (exact) mass is 416 g/mol. The van der Waals surface area contributed by atoms with Crippen molar-refractivity contribution in [2.45, 2.75) is 30.4 Å². The van der Waals surface area contributed by atoms with Crippen LogP contribution in [0.1, 0.15) is 28.8 Å². The first-order chi connectivity index (χ1) is 13.8. The van der Waals surface area contributed by atoms with Crippen molar-refractivity contribution in [3.63, 3.8) is 0 Å². The minimum absolute atomic E-state index is 0.0377. The van der Waals surface area contributed by atoms with Gasteiger partial charge in [0, 0.05) is 26.2 Å². The number of esters is 1. The van der Waals surface area contributed by atoms with Crippen LogP contribution >= 0.6 is 0 Å². The molecule has 1 amide bonds. The van der Waals surface area contributed by atoms with Gasteiger partial charge < -0.3 is 9.64 Å². The van der Waals surface area contributed by atoms with E-state index in [1.807, 2.05) is 30.3 Å². The van der Waals surface area contributed by atoms with Gasteiger partial charge in [-0.3, -0.25) is 4.79 Å². The van der Waals surface area contributed by atoms with Crippen LogP contribution in [-0.2, 0) is 26.2 Å². The number of benzene rings is 2. The average Bonchev–Trinajstić information content (AvgIpc) is 3.22. The molecular weight excluding hydrogens is 392 g/mol. The molecule has 8 heteroatoms. The van der Waals surface area contributed by atoms with Crippen molar-refractivity contribution in [3.8, 4) is 0 Å². The predicted molar refractivity (Wildman–Crippen MR) is 108 cm³/mol. The molecule has 1 heterocycles. The molecule has 0 aromatic heterocycles. The summed E-state index contributed by atoms with van der Waals surface area (Å²) in [4.78, 5) is 27.1. The van der Waals surface area contributed by atoms with E-state index >= 15 is 0 Å². The number of sulfonamides is 1. The third-order valence-corrected chi connectivity index (χ3v) is 6.68. The highest BCUT2D eigenvalue weighted by atomic mass is 32.2. The molecule has 29 heavy (non-hydrogen) atoms. The molecule has 2 aromatic rings. The highest BCUT2D eigenvalue weighted by Gasteiger charge is 2.36. The third-order valence-electron chi connectivity index (χ3n) is 4.87. The fourth-order valence-corrected chi connectivity index (χ4v) is 4.19. The maximum Gasteiger partial charge on any atom is 0.329 e. The third kappa shape index (κ3) is 4.65. The molecule has 154 valence electrons. The lowest BCUT2D eigenvalue weighted by atomic mass is 10.1. The number of likely N-dealkylation sites (tertiary alicyclic amines) is 1. The van der Waals surface area contributed by atoms with E-state index in [0.717, 1.165) is 9.87 Å². The van der Waals surface area contributed by atoms with Crippen molar-refractivity contribution in [2.75, 3.05) is 20.6 Å². The van der Waals surface area contributed by atoms with Gasteiger partial charge in [0.25, 0.3) is 5.91 Å². The Bertz CT molecular complexity index is 989. The van der Waals surface area contributed by atoms with E-state index in [-0.39, 0.29) is 23.0 Å². The van der Waals surface area contributed by atoms with E-state index in [0.29, 0.717) is 19.4 Å². The van der Waals surface area contributed by atoms with Crippen LogP contribution in [0.5, 0.6) is 0 Å². The van der Waals surface area contributed by atoms with Crippen LogP contribution < -0.4 is 0 Å². The van der Waals surface area contributed by atoms with Gasteiger partial charge in [0.05, 0.1) is 4.90 Å². The average molecular weight is 416 g/mol. The van der Waals surface area contributed by atoms with Gasteiger partial charge in [-0.1, -0.05) is 36.4 Å². The molecule has 0 spiro atoms. The quantitative estimate of drug-likeness (QED) is 0.675. The lowest BCUT2D eigenvalue weighted by molar-refractivity contribution is -0.149. The number of ether oxygens (including phenoxy) is 1. The Labute approximate surface area is 170 Å². The van der Waals surface area contributed by atoms with E-state index in [2.05, 4.69) is 0 Å². The summed E-state index contributed by atoms with van der Waals surface area (Å²) in [7, 11) is -0.787. The Kier molecular flexibility index (Phi) is 6.34. The molecule has 0 N–H and O–H groups in total. The summed E-state index contributed by atoms with van der Waals surface area (Å²) in [6.07, 6.45) is 1.21. The molecule has 0 radical (unpaired) electrons. The van der Waals surface area contributed by atoms with Gasteiger partial charge in [-0.05, 0) is 36.6 Å². The Morgan fingerprint density at radius 3 is 2.52 bits per heavy atom. The number of hydrogen-bond donors (Lipinski definition) is 0. The smallest absolute Gasteiger partial charge is 0.329 e. The van der Waals surface area contributed by atoms with Gasteiger partial charge in [0.2, 0.25) is 10.0 Å². The van der Waals surface area contributed by atoms with E-state index in [1.54, 1.807) is 6.07 Å². The van der Waals surface area contributed by atoms with Gasteiger partial charge in [0.1, 0.15) is 12.6 Å². The molecular formula is C21H24N2O5S. The fraction of sp³-hybridized carbons (Fsp3) is 0.333. The lowest BCUT2D eigenvalue weighted by Crippen LogP contribution is -2.41. The Hall–Kier alpha value is -2.71. The second-order valence-corrected chi connectivity index (χ2v) is 9.22. The molecule has 1 aliphatic heterocycles.